The number of nitro groups is 1. The summed E-state index contributed by atoms with van der Waals surface area (Å²) in [5.74, 6) is 0.795. The van der Waals surface area contributed by atoms with Crippen LogP contribution in [0.1, 0.15) is 38.7 Å². The molecule has 0 fully saturated rings. The number of nitrogens with zero attached hydrogens (tertiary/aromatic N) is 2. The van der Waals surface area contributed by atoms with Crippen molar-refractivity contribution >= 4 is 35.6 Å². The Hall–Kier alpha value is -1.38. The zero-order valence-electron chi connectivity index (χ0n) is 13.2. The molecule has 0 radical (unpaired) electrons. The van der Waals surface area contributed by atoms with E-state index in [1.54, 1.807) is 12.1 Å². The summed E-state index contributed by atoms with van der Waals surface area (Å²) in [4.78, 5) is 14.7. The highest BCUT2D eigenvalue weighted by atomic mass is 127. The molecule has 0 atom stereocenters. The van der Waals surface area contributed by atoms with Crippen LogP contribution in [0.15, 0.2) is 29.3 Å². The van der Waals surface area contributed by atoms with E-state index >= 15 is 0 Å². The normalized spacial score (nSPS) is 10.7. The van der Waals surface area contributed by atoms with Gasteiger partial charge in [-0.25, -0.2) is 4.99 Å². The summed E-state index contributed by atoms with van der Waals surface area (Å²) in [6.45, 7) is 6.52. The second-order valence-electron chi connectivity index (χ2n) is 4.80. The molecule has 0 amide bonds. The van der Waals surface area contributed by atoms with Gasteiger partial charge in [0.05, 0.1) is 11.5 Å². The number of non-ortho nitro benzene ring substituents is 1. The van der Waals surface area contributed by atoms with Crippen LogP contribution in [0.25, 0.3) is 0 Å². The Morgan fingerprint density at radius 3 is 2.32 bits per heavy atom. The van der Waals surface area contributed by atoms with Crippen LogP contribution in [-0.2, 0) is 6.54 Å². The van der Waals surface area contributed by atoms with Crippen LogP contribution in [0.3, 0.4) is 0 Å². The number of aliphatic imine (C=N–C) groups is 1. The molecule has 7 heteroatoms. The lowest BCUT2D eigenvalue weighted by Gasteiger charge is -2.11. The minimum Gasteiger partial charge on any atom is -0.356 e. The van der Waals surface area contributed by atoms with Gasteiger partial charge in [0.25, 0.3) is 5.69 Å². The third kappa shape index (κ3) is 8.16. The van der Waals surface area contributed by atoms with Crippen molar-refractivity contribution in [1.82, 2.24) is 10.6 Å². The van der Waals surface area contributed by atoms with Crippen molar-refractivity contribution in [2.24, 2.45) is 4.99 Å². The van der Waals surface area contributed by atoms with E-state index in [1.165, 1.54) is 12.1 Å². The number of benzene rings is 1. The first kappa shape index (κ1) is 20.6. The molecule has 2 N–H and O–H groups in total. The number of hydrogen-bond donors (Lipinski definition) is 2. The number of guanidine groups is 1. The molecule has 0 saturated carbocycles. The van der Waals surface area contributed by atoms with E-state index in [2.05, 4.69) is 29.5 Å². The van der Waals surface area contributed by atoms with Crippen molar-refractivity contribution in [2.75, 3.05) is 13.1 Å². The second-order valence-corrected chi connectivity index (χ2v) is 4.80. The van der Waals surface area contributed by atoms with E-state index < -0.39 is 4.92 Å². The van der Waals surface area contributed by atoms with Crippen LogP contribution in [0.2, 0.25) is 0 Å². The quantitative estimate of drug-likeness (QED) is 0.169. The highest BCUT2D eigenvalue weighted by molar-refractivity contribution is 14.0. The van der Waals surface area contributed by atoms with Crippen molar-refractivity contribution in [2.45, 2.75) is 39.7 Å². The fraction of sp³-hybridized carbons (Fsp3) is 0.533. The standard InChI is InChI=1S/C15H24N4O2.HI/c1-3-5-11-17-15(16-10-4-2)18-12-13-6-8-14(9-7-13)19(20)21;/h6-9H,3-5,10-12H2,1-2H3,(H2,16,17,18);1H. The van der Waals surface area contributed by atoms with Gasteiger partial charge in [-0.15, -0.1) is 24.0 Å². The van der Waals surface area contributed by atoms with Crippen molar-refractivity contribution in [3.63, 3.8) is 0 Å². The zero-order valence-corrected chi connectivity index (χ0v) is 15.5. The van der Waals surface area contributed by atoms with Gasteiger partial charge in [0, 0.05) is 25.2 Å². The van der Waals surface area contributed by atoms with Crippen molar-refractivity contribution in [1.29, 1.82) is 0 Å². The highest BCUT2D eigenvalue weighted by Gasteiger charge is 2.03. The Labute approximate surface area is 149 Å². The van der Waals surface area contributed by atoms with Gasteiger partial charge in [0.1, 0.15) is 0 Å². The fourth-order valence-electron chi connectivity index (χ4n) is 1.69. The molecule has 0 aliphatic heterocycles. The maximum atomic E-state index is 10.6. The zero-order chi connectivity index (χ0) is 15.5. The van der Waals surface area contributed by atoms with E-state index in [0.717, 1.165) is 43.9 Å². The molecule has 0 unspecified atom stereocenters. The average Bonchev–Trinajstić information content (AvgIpc) is 2.50. The van der Waals surface area contributed by atoms with Gasteiger partial charge < -0.3 is 10.6 Å². The van der Waals surface area contributed by atoms with Crippen LogP contribution in [0.5, 0.6) is 0 Å². The lowest BCUT2D eigenvalue weighted by Crippen LogP contribution is -2.38. The topological polar surface area (TPSA) is 79.6 Å². The molecule has 22 heavy (non-hydrogen) atoms. The predicted molar refractivity (Wildman–Crippen MR) is 101 cm³/mol. The molecule has 0 heterocycles. The molecular formula is C15H25IN4O2. The highest BCUT2D eigenvalue weighted by Crippen LogP contribution is 2.12. The Kier molecular flexibility index (Phi) is 11.4. The van der Waals surface area contributed by atoms with E-state index in [9.17, 15) is 10.1 Å². The molecule has 1 aromatic carbocycles. The molecule has 6 nitrogen and oxygen atoms in total. The van der Waals surface area contributed by atoms with E-state index in [-0.39, 0.29) is 29.7 Å². The second kappa shape index (κ2) is 12.2. The minimum atomic E-state index is -0.395. The molecule has 0 aromatic heterocycles. The number of halogens is 1. The smallest absolute Gasteiger partial charge is 0.269 e. The molecule has 124 valence electrons. The van der Waals surface area contributed by atoms with E-state index in [0.29, 0.717) is 6.54 Å². The summed E-state index contributed by atoms with van der Waals surface area (Å²) >= 11 is 0. The monoisotopic (exact) mass is 420 g/mol. The summed E-state index contributed by atoms with van der Waals surface area (Å²) in [6.07, 6.45) is 3.27. The minimum absolute atomic E-state index is 0. The molecule has 0 spiro atoms. The Morgan fingerprint density at radius 1 is 1.14 bits per heavy atom. The Morgan fingerprint density at radius 2 is 1.77 bits per heavy atom. The van der Waals surface area contributed by atoms with E-state index in [1.807, 2.05) is 0 Å². The van der Waals surface area contributed by atoms with Crippen LogP contribution in [-0.4, -0.2) is 24.0 Å². The van der Waals surface area contributed by atoms with Crippen LogP contribution >= 0.6 is 24.0 Å². The first-order valence-electron chi connectivity index (χ1n) is 7.42. The lowest BCUT2D eigenvalue weighted by molar-refractivity contribution is -0.384. The first-order valence-corrected chi connectivity index (χ1v) is 7.42. The molecular weight excluding hydrogens is 395 g/mol. The summed E-state index contributed by atoms with van der Waals surface area (Å²) in [6, 6.07) is 6.50. The Balaban J connectivity index is 0.00000441. The number of unbranched alkanes of at least 4 members (excludes halogenated alkanes) is 1. The Bertz CT molecular complexity index is 463. The summed E-state index contributed by atoms with van der Waals surface area (Å²) in [5, 5.41) is 17.1. The van der Waals surface area contributed by atoms with Crippen molar-refractivity contribution in [3.05, 3.63) is 39.9 Å². The molecule has 1 rings (SSSR count). The largest absolute Gasteiger partial charge is 0.356 e. The lowest BCUT2D eigenvalue weighted by atomic mass is 10.2. The molecule has 0 saturated heterocycles. The average molecular weight is 420 g/mol. The maximum Gasteiger partial charge on any atom is 0.269 e. The van der Waals surface area contributed by atoms with Gasteiger partial charge in [0.2, 0.25) is 0 Å². The van der Waals surface area contributed by atoms with Gasteiger partial charge in [-0.2, -0.15) is 0 Å². The number of nitrogens with one attached hydrogen (secondary N) is 2. The first-order chi connectivity index (χ1) is 10.2. The molecule has 0 aliphatic rings. The summed E-state index contributed by atoms with van der Waals surface area (Å²) in [5.41, 5.74) is 1.06. The van der Waals surface area contributed by atoms with Crippen molar-refractivity contribution in [3.8, 4) is 0 Å². The summed E-state index contributed by atoms with van der Waals surface area (Å²) in [7, 11) is 0. The SMILES string of the molecule is CCCCNC(=NCc1ccc([N+](=O)[O-])cc1)NCCC.I. The predicted octanol–water partition coefficient (Wildman–Crippen LogP) is 3.46. The maximum absolute atomic E-state index is 10.6. The molecule has 1 aromatic rings. The van der Waals surface area contributed by atoms with Gasteiger partial charge in [-0.1, -0.05) is 32.4 Å². The van der Waals surface area contributed by atoms with Crippen LogP contribution in [0, 0.1) is 10.1 Å². The van der Waals surface area contributed by atoms with E-state index in [4.69, 9.17) is 0 Å². The van der Waals surface area contributed by atoms with Gasteiger partial charge >= 0.3 is 0 Å². The third-order valence-electron chi connectivity index (χ3n) is 2.93. The van der Waals surface area contributed by atoms with Gasteiger partial charge in [-0.05, 0) is 18.4 Å². The third-order valence-corrected chi connectivity index (χ3v) is 2.93. The molecule has 0 bridgehead atoms. The number of hydrogen-bond acceptors (Lipinski definition) is 3. The molecule has 0 aliphatic carbocycles. The summed E-state index contributed by atoms with van der Waals surface area (Å²) < 4.78 is 0. The van der Waals surface area contributed by atoms with Crippen molar-refractivity contribution < 1.29 is 4.92 Å². The fourth-order valence-corrected chi connectivity index (χ4v) is 1.69. The van der Waals surface area contributed by atoms with Gasteiger partial charge in [0.15, 0.2) is 5.96 Å². The number of nitro benzene ring substituents is 1. The van der Waals surface area contributed by atoms with Crippen LogP contribution < -0.4 is 10.6 Å². The number of rotatable bonds is 8. The van der Waals surface area contributed by atoms with Crippen LogP contribution in [0.4, 0.5) is 5.69 Å². The van der Waals surface area contributed by atoms with Gasteiger partial charge in [-0.3, -0.25) is 10.1 Å².